The first kappa shape index (κ1) is 18.1. The van der Waals surface area contributed by atoms with Gasteiger partial charge in [-0.25, -0.2) is 0 Å². The smallest absolute Gasteiger partial charge is 0.0787 e. The molecule has 2 aromatic carbocycles. The van der Waals surface area contributed by atoms with Crippen molar-refractivity contribution in [2.24, 2.45) is 0 Å². The summed E-state index contributed by atoms with van der Waals surface area (Å²) in [5, 5.41) is 1.64. The third-order valence-electron chi connectivity index (χ3n) is 6.85. The van der Waals surface area contributed by atoms with Crippen LogP contribution in [0, 0.1) is 0 Å². The largest absolute Gasteiger partial charge is 0.0931 e. The lowest BCUT2D eigenvalue weighted by molar-refractivity contribution is 0.900. The molecule has 2 atom stereocenters. The molecular weight excluding hydrogens is 420 g/mol. The number of hydrogen-bond acceptors (Lipinski definition) is 0. The number of fused-ring (bicyclic) bond motifs is 3. The second kappa shape index (κ2) is 6.30. The molecule has 0 bridgehead atoms. The van der Waals surface area contributed by atoms with Crippen molar-refractivity contribution in [3.63, 3.8) is 0 Å². The van der Waals surface area contributed by atoms with E-state index >= 15 is 0 Å². The summed E-state index contributed by atoms with van der Waals surface area (Å²) in [4.78, 5) is 0. The molecule has 2 unspecified atom stereocenters. The van der Waals surface area contributed by atoms with Crippen LogP contribution in [0.25, 0.3) is 12.2 Å². The van der Waals surface area contributed by atoms with E-state index in [2.05, 4.69) is 110 Å². The quantitative estimate of drug-likeness (QED) is 0.414. The summed E-state index contributed by atoms with van der Waals surface area (Å²) in [6.45, 7) is 9.80. The lowest BCUT2D eigenvalue weighted by atomic mass is 9.81. The zero-order valence-electron chi connectivity index (χ0n) is 16.9. The summed E-state index contributed by atoms with van der Waals surface area (Å²) in [7, 11) is -1.76. The zero-order valence-corrected chi connectivity index (χ0v) is 19.5. The van der Waals surface area contributed by atoms with Crippen LogP contribution in [-0.2, 0) is 0 Å². The van der Waals surface area contributed by atoms with E-state index in [-0.39, 0.29) is 0 Å². The van der Waals surface area contributed by atoms with Gasteiger partial charge in [-0.15, -0.1) is 0 Å². The van der Waals surface area contributed by atoms with Crippen LogP contribution in [0.3, 0.4) is 0 Å². The van der Waals surface area contributed by atoms with E-state index in [0.29, 0.717) is 11.5 Å². The standard InChI is InChI=1S/C26H25BrSi/c1-16-13-23-17(2)21-11-10-20(27)14-19(21)15-24(23)26(16)28(3,4)25-12-9-18-7-5-6-8-22(18)25/h5-15,17,25H,1-4H3. The Morgan fingerprint density at radius 2 is 1.71 bits per heavy atom. The summed E-state index contributed by atoms with van der Waals surface area (Å²) in [6.07, 6.45) is 9.72. The molecule has 0 aliphatic heterocycles. The van der Waals surface area contributed by atoms with Gasteiger partial charge in [0.15, 0.2) is 0 Å². The van der Waals surface area contributed by atoms with Crippen molar-refractivity contribution < 1.29 is 0 Å². The van der Waals surface area contributed by atoms with Crippen LogP contribution in [0.15, 0.2) is 81.0 Å². The topological polar surface area (TPSA) is 0 Å². The molecule has 0 saturated carbocycles. The van der Waals surface area contributed by atoms with E-state index in [1.165, 1.54) is 39.0 Å². The highest BCUT2D eigenvalue weighted by Crippen LogP contribution is 2.52. The number of halogens is 1. The molecule has 2 heteroatoms. The molecule has 5 rings (SSSR count). The maximum Gasteiger partial charge on any atom is 0.0931 e. The Kier molecular flexibility index (Phi) is 4.08. The van der Waals surface area contributed by atoms with Crippen molar-refractivity contribution in [1.82, 2.24) is 0 Å². The average Bonchev–Trinajstić information content (AvgIpc) is 3.23. The van der Waals surface area contributed by atoms with E-state index in [1.54, 1.807) is 5.20 Å². The first-order valence-electron chi connectivity index (χ1n) is 10.1. The molecule has 0 heterocycles. The predicted octanol–water partition coefficient (Wildman–Crippen LogP) is 7.80. The summed E-state index contributed by atoms with van der Waals surface area (Å²) < 4.78 is 1.16. The fourth-order valence-electron chi connectivity index (χ4n) is 5.53. The van der Waals surface area contributed by atoms with E-state index in [1.807, 2.05) is 0 Å². The van der Waals surface area contributed by atoms with Crippen LogP contribution in [0.2, 0.25) is 13.1 Å². The molecule has 140 valence electrons. The van der Waals surface area contributed by atoms with Crippen LogP contribution in [0.4, 0.5) is 0 Å². The normalized spacial score (nSPS) is 22.6. The van der Waals surface area contributed by atoms with Crippen LogP contribution in [0.1, 0.15) is 47.6 Å². The van der Waals surface area contributed by atoms with Gasteiger partial charge in [0.05, 0.1) is 8.07 Å². The molecule has 0 aromatic heterocycles. The number of hydrogen-bond donors (Lipinski definition) is 0. The Morgan fingerprint density at radius 1 is 0.929 bits per heavy atom. The molecule has 0 N–H and O–H groups in total. The van der Waals surface area contributed by atoms with E-state index in [4.69, 9.17) is 0 Å². The molecule has 3 aliphatic carbocycles. The van der Waals surface area contributed by atoms with Gasteiger partial charge in [-0.05, 0) is 63.7 Å². The summed E-state index contributed by atoms with van der Waals surface area (Å²) in [5.74, 6) is 0.451. The Balaban J connectivity index is 1.64. The summed E-state index contributed by atoms with van der Waals surface area (Å²) in [5.41, 5.74) is 10.8. The first-order valence-corrected chi connectivity index (χ1v) is 14.0. The maximum atomic E-state index is 3.66. The van der Waals surface area contributed by atoms with Gasteiger partial charge in [0.1, 0.15) is 0 Å². The maximum absolute atomic E-state index is 3.66. The third kappa shape index (κ3) is 2.54. The van der Waals surface area contributed by atoms with Gasteiger partial charge in [-0.2, -0.15) is 0 Å². The second-order valence-electron chi connectivity index (χ2n) is 8.90. The fourth-order valence-corrected chi connectivity index (χ4v) is 9.84. The first-order chi connectivity index (χ1) is 13.4. The molecule has 0 spiro atoms. The minimum atomic E-state index is -1.76. The van der Waals surface area contributed by atoms with Gasteiger partial charge in [-0.1, -0.05) is 90.1 Å². The van der Waals surface area contributed by atoms with Crippen molar-refractivity contribution in [3.05, 3.63) is 103 Å². The van der Waals surface area contributed by atoms with Crippen molar-refractivity contribution in [3.8, 4) is 0 Å². The van der Waals surface area contributed by atoms with Gasteiger partial charge in [-0.3, -0.25) is 0 Å². The monoisotopic (exact) mass is 444 g/mol. The molecular formula is C26H25BrSi. The van der Waals surface area contributed by atoms with Crippen molar-refractivity contribution in [1.29, 1.82) is 0 Å². The van der Waals surface area contributed by atoms with Gasteiger partial charge >= 0.3 is 0 Å². The zero-order chi connectivity index (χ0) is 19.6. The SMILES string of the molecule is CC1=C([Si](C)(C)C2C=Cc3ccccc32)C2=Cc3cc(Br)ccc3C(C)C2=C1. The fraction of sp³-hybridized carbons (Fsp3) is 0.231. The predicted molar refractivity (Wildman–Crippen MR) is 127 cm³/mol. The van der Waals surface area contributed by atoms with Gasteiger partial charge in [0, 0.05) is 15.9 Å². The molecule has 0 fully saturated rings. The van der Waals surface area contributed by atoms with Gasteiger partial charge < -0.3 is 0 Å². The second-order valence-corrected chi connectivity index (χ2v) is 14.4. The molecule has 0 saturated heterocycles. The van der Waals surface area contributed by atoms with E-state index in [0.717, 1.165) is 4.47 Å². The highest BCUT2D eigenvalue weighted by molar-refractivity contribution is 9.10. The van der Waals surface area contributed by atoms with Crippen LogP contribution in [-0.4, -0.2) is 8.07 Å². The Hall–Kier alpha value is -1.90. The Bertz CT molecular complexity index is 1130. The highest BCUT2D eigenvalue weighted by atomic mass is 79.9. The minimum Gasteiger partial charge on any atom is -0.0787 e. The van der Waals surface area contributed by atoms with Gasteiger partial charge in [0.25, 0.3) is 0 Å². The Morgan fingerprint density at radius 3 is 2.54 bits per heavy atom. The molecule has 0 radical (unpaired) electrons. The Labute approximate surface area is 177 Å². The number of rotatable bonds is 2. The van der Waals surface area contributed by atoms with Crippen LogP contribution < -0.4 is 0 Å². The lowest BCUT2D eigenvalue weighted by Crippen LogP contribution is -2.37. The van der Waals surface area contributed by atoms with Crippen molar-refractivity contribution in [2.75, 3.05) is 0 Å². The third-order valence-corrected chi connectivity index (χ3v) is 11.4. The molecule has 3 aliphatic rings. The van der Waals surface area contributed by atoms with E-state index < -0.39 is 8.07 Å². The average molecular weight is 445 g/mol. The molecule has 0 nitrogen and oxygen atoms in total. The molecule has 0 amide bonds. The van der Waals surface area contributed by atoms with Crippen LogP contribution in [0.5, 0.6) is 0 Å². The van der Waals surface area contributed by atoms with Crippen LogP contribution >= 0.6 is 15.9 Å². The van der Waals surface area contributed by atoms with Crippen molar-refractivity contribution in [2.45, 2.75) is 38.4 Å². The molecule has 2 aromatic rings. The lowest BCUT2D eigenvalue weighted by Gasteiger charge is -2.35. The minimum absolute atomic E-state index is 0.451. The number of benzene rings is 2. The molecule has 28 heavy (non-hydrogen) atoms. The van der Waals surface area contributed by atoms with Gasteiger partial charge in [0.2, 0.25) is 0 Å². The summed E-state index contributed by atoms with van der Waals surface area (Å²) in [6, 6.07) is 15.7. The summed E-state index contributed by atoms with van der Waals surface area (Å²) >= 11 is 3.66. The van der Waals surface area contributed by atoms with Crippen molar-refractivity contribution >= 4 is 36.2 Å². The highest BCUT2D eigenvalue weighted by Gasteiger charge is 2.43. The number of allylic oxidation sites excluding steroid dienone is 6. The van der Waals surface area contributed by atoms with E-state index in [9.17, 15) is 0 Å².